The topological polar surface area (TPSA) is 104 Å². The van der Waals surface area contributed by atoms with Gasteiger partial charge in [-0.05, 0) is 38.7 Å². The summed E-state index contributed by atoms with van der Waals surface area (Å²) in [7, 11) is 5.06. The van der Waals surface area contributed by atoms with Crippen LogP contribution in [-0.4, -0.2) is 49.6 Å². The number of nitrogens with one attached hydrogen (secondary N) is 1. The van der Waals surface area contributed by atoms with Crippen LogP contribution in [0.2, 0.25) is 0 Å². The Morgan fingerprint density at radius 3 is 2.42 bits per heavy atom. The van der Waals surface area contributed by atoms with E-state index >= 15 is 0 Å². The second-order valence-corrected chi connectivity index (χ2v) is 7.76. The maximum absolute atomic E-state index is 13.1. The average molecular weight is 474 g/mol. The van der Waals surface area contributed by atoms with Gasteiger partial charge in [0.2, 0.25) is 0 Å². The molecule has 3 rings (SSSR count). The molecule has 176 valence electrons. The summed E-state index contributed by atoms with van der Waals surface area (Å²) in [6.45, 7) is 2.25. The summed E-state index contributed by atoms with van der Waals surface area (Å²) in [5.41, 5.74) is 3.56. The first-order chi connectivity index (χ1) is 15.3. The number of benzene rings is 2. The van der Waals surface area contributed by atoms with Gasteiger partial charge >= 0.3 is 11.7 Å². The molecule has 2 aromatic carbocycles. The van der Waals surface area contributed by atoms with Crippen molar-refractivity contribution >= 4 is 35.2 Å². The highest BCUT2D eigenvalue weighted by molar-refractivity contribution is 5.88. The number of aromatic hydroxyl groups is 1. The number of hydrazone groups is 1. The summed E-state index contributed by atoms with van der Waals surface area (Å²) in [5, 5.41) is 15.8. The van der Waals surface area contributed by atoms with Crippen molar-refractivity contribution in [3.05, 3.63) is 76.1 Å². The molecule has 1 aromatic heterocycles. The van der Waals surface area contributed by atoms with Crippen molar-refractivity contribution < 1.29 is 19.1 Å². The summed E-state index contributed by atoms with van der Waals surface area (Å²) >= 11 is 0. The number of hydrogen-bond acceptors (Lipinski definition) is 7. The zero-order chi connectivity index (χ0) is 23.3. The molecule has 9 heteroatoms. The fourth-order valence-electron chi connectivity index (χ4n) is 3.82. The number of hydrogen-bond donors (Lipinski definition) is 2. The van der Waals surface area contributed by atoms with E-state index in [1.54, 1.807) is 31.2 Å². The molecule has 2 N–H and O–H groups in total. The lowest BCUT2D eigenvalue weighted by Crippen LogP contribution is -2.35. The van der Waals surface area contributed by atoms with Crippen LogP contribution in [0.15, 0.2) is 68.9 Å². The number of methoxy groups -OCH3 is 1. The summed E-state index contributed by atoms with van der Waals surface area (Å²) in [4.78, 5) is 26.6. The van der Waals surface area contributed by atoms with E-state index in [4.69, 9.17) is 4.42 Å². The quantitative estimate of drug-likeness (QED) is 0.306. The van der Waals surface area contributed by atoms with Crippen molar-refractivity contribution in [2.24, 2.45) is 11.0 Å². The van der Waals surface area contributed by atoms with E-state index < -0.39 is 17.6 Å². The third-order valence-corrected chi connectivity index (χ3v) is 5.30. The highest BCUT2D eigenvalue weighted by Crippen LogP contribution is 2.39. The molecule has 0 fully saturated rings. The molecule has 8 nitrogen and oxygen atoms in total. The van der Waals surface area contributed by atoms with Crippen LogP contribution in [0, 0.1) is 5.92 Å². The number of carbonyl (C=O) groups is 1. The van der Waals surface area contributed by atoms with Gasteiger partial charge in [0, 0.05) is 24.1 Å². The van der Waals surface area contributed by atoms with Gasteiger partial charge in [0.25, 0.3) is 0 Å². The van der Waals surface area contributed by atoms with Crippen LogP contribution >= 0.6 is 12.4 Å². The first-order valence-corrected chi connectivity index (χ1v) is 10.2. The molecule has 0 bridgehead atoms. The van der Waals surface area contributed by atoms with Crippen LogP contribution in [0.1, 0.15) is 24.0 Å². The minimum absolute atomic E-state index is 0. The maximum atomic E-state index is 13.1. The van der Waals surface area contributed by atoms with E-state index in [0.29, 0.717) is 23.2 Å². The van der Waals surface area contributed by atoms with Crippen LogP contribution in [0.5, 0.6) is 5.75 Å². The summed E-state index contributed by atoms with van der Waals surface area (Å²) in [6.07, 6.45) is -0.697. The van der Waals surface area contributed by atoms with Gasteiger partial charge in [-0.15, -0.1) is 12.4 Å². The van der Waals surface area contributed by atoms with Crippen molar-refractivity contribution in [3.63, 3.8) is 0 Å². The van der Waals surface area contributed by atoms with E-state index in [1.165, 1.54) is 7.11 Å². The van der Waals surface area contributed by atoms with Gasteiger partial charge in [-0.2, -0.15) is 5.10 Å². The Bertz CT molecular complexity index is 1180. The lowest BCUT2D eigenvalue weighted by Gasteiger charge is -2.30. The smallest absolute Gasteiger partial charge is 0.427 e. The summed E-state index contributed by atoms with van der Waals surface area (Å²) in [6, 6.07) is 16.3. The lowest BCUT2D eigenvalue weighted by atomic mass is 9.78. The molecule has 2 atom stereocenters. The molecule has 0 aliphatic heterocycles. The van der Waals surface area contributed by atoms with Gasteiger partial charge in [-0.25, -0.2) is 15.0 Å². The Hall–Kier alpha value is -3.36. The fourth-order valence-corrected chi connectivity index (χ4v) is 3.82. The fraction of sp³-hybridized carbons (Fsp3) is 0.292. The first kappa shape index (κ1) is 25.9. The molecule has 0 spiro atoms. The Labute approximate surface area is 198 Å². The summed E-state index contributed by atoms with van der Waals surface area (Å²) < 4.78 is 10.2. The molecular formula is C24H28ClN3O5. The standard InChI is InChI=1S/C24H27N3O5.ClH/c1-15(25-26-24(30)31-4)18(14-27(2)3)20(16-10-6-5-7-11-16)21-22(28)17-12-8-9-13-19(17)32-23(21)29;/h5-13,18,20,28H,14H2,1-4H3,(H,26,30);1H/b25-15+;. The maximum Gasteiger partial charge on any atom is 0.427 e. The Balaban J connectivity index is 0.00000385. The second-order valence-electron chi connectivity index (χ2n) is 7.76. The van der Waals surface area contributed by atoms with Crippen LogP contribution in [-0.2, 0) is 4.74 Å². The van der Waals surface area contributed by atoms with Crippen LogP contribution in [0.4, 0.5) is 4.79 Å². The van der Waals surface area contributed by atoms with Gasteiger partial charge in [0.05, 0.1) is 18.1 Å². The molecule has 1 heterocycles. The Morgan fingerprint density at radius 1 is 1.15 bits per heavy atom. The normalized spacial score (nSPS) is 13.3. The predicted octanol–water partition coefficient (Wildman–Crippen LogP) is 3.96. The Kier molecular flexibility index (Phi) is 9.02. The predicted molar refractivity (Wildman–Crippen MR) is 130 cm³/mol. The summed E-state index contributed by atoms with van der Waals surface area (Å²) in [5.74, 6) is -1.08. The van der Waals surface area contributed by atoms with E-state index in [9.17, 15) is 14.7 Å². The molecule has 2 unspecified atom stereocenters. The van der Waals surface area contributed by atoms with E-state index in [1.807, 2.05) is 49.3 Å². The van der Waals surface area contributed by atoms with Gasteiger partial charge < -0.3 is 19.2 Å². The van der Waals surface area contributed by atoms with E-state index in [-0.39, 0.29) is 29.6 Å². The minimum atomic E-state index is -0.697. The van der Waals surface area contributed by atoms with Crippen molar-refractivity contribution in [2.45, 2.75) is 12.8 Å². The zero-order valence-electron chi connectivity index (χ0n) is 18.9. The largest absolute Gasteiger partial charge is 0.507 e. The lowest BCUT2D eigenvalue weighted by molar-refractivity contribution is 0.171. The number of para-hydroxylation sites is 1. The average Bonchev–Trinajstić information content (AvgIpc) is 2.79. The molecule has 1 amide bonds. The number of nitrogens with zero attached hydrogens (tertiary/aromatic N) is 2. The number of amides is 1. The molecule has 0 saturated heterocycles. The first-order valence-electron chi connectivity index (χ1n) is 10.2. The van der Waals surface area contributed by atoms with E-state index in [2.05, 4.69) is 15.3 Å². The van der Waals surface area contributed by atoms with Gasteiger partial charge in [-0.1, -0.05) is 42.5 Å². The van der Waals surface area contributed by atoms with Gasteiger partial charge in [0.15, 0.2) is 0 Å². The second kappa shape index (κ2) is 11.5. The Morgan fingerprint density at radius 2 is 1.79 bits per heavy atom. The van der Waals surface area contributed by atoms with Gasteiger partial charge in [-0.3, -0.25) is 0 Å². The minimum Gasteiger partial charge on any atom is -0.507 e. The molecule has 0 saturated carbocycles. The molecule has 0 aliphatic carbocycles. The molecule has 3 aromatic rings. The molecule has 0 aliphatic rings. The van der Waals surface area contributed by atoms with E-state index in [0.717, 1.165) is 5.56 Å². The van der Waals surface area contributed by atoms with Crippen molar-refractivity contribution in [1.82, 2.24) is 10.3 Å². The number of ether oxygens (including phenoxy) is 1. The molecule has 33 heavy (non-hydrogen) atoms. The third kappa shape index (κ3) is 5.91. The highest BCUT2D eigenvalue weighted by Gasteiger charge is 2.34. The zero-order valence-corrected chi connectivity index (χ0v) is 19.8. The monoisotopic (exact) mass is 473 g/mol. The van der Waals surface area contributed by atoms with Crippen LogP contribution < -0.4 is 11.1 Å². The third-order valence-electron chi connectivity index (χ3n) is 5.30. The SMILES string of the molecule is COC(=O)N/N=C(\C)C(CN(C)C)C(c1ccccc1)c1c(O)c2ccccc2oc1=O.Cl. The highest BCUT2D eigenvalue weighted by atomic mass is 35.5. The van der Waals surface area contributed by atoms with Crippen LogP contribution in [0.25, 0.3) is 11.0 Å². The molecule has 0 radical (unpaired) electrons. The number of halogens is 1. The molecular weight excluding hydrogens is 446 g/mol. The van der Waals surface area contributed by atoms with Crippen molar-refractivity contribution in [2.75, 3.05) is 27.7 Å². The van der Waals surface area contributed by atoms with Crippen molar-refractivity contribution in [1.29, 1.82) is 0 Å². The number of carbonyl (C=O) groups excluding carboxylic acids is 1. The number of rotatable bonds is 7. The number of fused-ring (bicyclic) bond motifs is 1. The van der Waals surface area contributed by atoms with Gasteiger partial charge in [0.1, 0.15) is 11.3 Å². The van der Waals surface area contributed by atoms with Crippen molar-refractivity contribution in [3.8, 4) is 5.75 Å². The van der Waals surface area contributed by atoms with Crippen LogP contribution in [0.3, 0.4) is 0 Å².